The number of aliphatic hydroxyl groups excluding tert-OH is 2. The number of carbonyl (C=O) groups is 1. The number of hydrogen-bond donors (Lipinski definition) is 2. The van der Waals surface area contributed by atoms with Crippen LogP contribution in [0.5, 0.6) is 5.75 Å². The van der Waals surface area contributed by atoms with Gasteiger partial charge < -0.3 is 19.8 Å². The van der Waals surface area contributed by atoms with Gasteiger partial charge in [0.2, 0.25) is 5.91 Å². The summed E-state index contributed by atoms with van der Waals surface area (Å²) in [6.07, 6.45) is 5.97. The molecule has 0 bridgehead atoms. The molecular weight excluding hydrogens is 438 g/mol. The van der Waals surface area contributed by atoms with Gasteiger partial charge in [0.1, 0.15) is 11.9 Å². The van der Waals surface area contributed by atoms with E-state index >= 15 is 0 Å². The van der Waals surface area contributed by atoms with Gasteiger partial charge in [0, 0.05) is 48.7 Å². The summed E-state index contributed by atoms with van der Waals surface area (Å²) in [6, 6.07) is 6.64. The van der Waals surface area contributed by atoms with Crippen molar-refractivity contribution in [1.29, 1.82) is 0 Å². The van der Waals surface area contributed by atoms with Crippen molar-refractivity contribution in [3.8, 4) is 17.6 Å². The number of carbonyl (C=O) groups excluding carboxylic acids is 1. The van der Waals surface area contributed by atoms with Crippen LogP contribution in [0, 0.1) is 23.7 Å². The molecule has 1 saturated carbocycles. The second kappa shape index (κ2) is 12.1. The maximum absolute atomic E-state index is 12.8. The predicted molar refractivity (Wildman–Crippen MR) is 140 cm³/mol. The summed E-state index contributed by atoms with van der Waals surface area (Å²) in [4.78, 5) is 14.7. The molecule has 1 heterocycles. The Labute approximate surface area is 211 Å². The van der Waals surface area contributed by atoms with Crippen molar-refractivity contribution in [2.24, 2.45) is 11.8 Å². The molecule has 1 aliphatic heterocycles. The van der Waals surface area contributed by atoms with Gasteiger partial charge in [0.25, 0.3) is 0 Å². The third-order valence-electron chi connectivity index (χ3n) is 7.44. The zero-order valence-corrected chi connectivity index (χ0v) is 22.2. The van der Waals surface area contributed by atoms with Gasteiger partial charge in [-0.05, 0) is 58.9 Å². The highest BCUT2D eigenvalue weighted by Gasteiger charge is 2.48. The normalized spacial score (nSPS) is 24.6. The molecule has 0 aromatic heterocycles. The number of amides is 1. The Hall–Kier alpha value is -2.29. The molecule has 2 N–H and O–H groups in total. The molecule has 35 heavy (non-hydrogen) atoms. The standard InChI is InChI=1S/C30H43NO4/c1-7-8-11-21(6)25(32)17-16-23-26(33)18-27-29(23)24-14-9-12-22(30(24)35-27)13-10-15-28(34)31(19(2)3)20(4)5/h9,12,14,16-17,19-21,23,25-27,29,32-33H,10-11,13,15,18H2,1-6H3/b17-16+/t21-,23+,25-,26-,27+,29+/m1/s1. The highest BCUT2D eigenvalue weighted by atomic mass is 16.5. The number of hydrogen-bond acceptors (Lipinski definition) is 4. The molecule has 1 aromatic carbocycles. The van der Waals surface area contributed by atoms with Gasteiger partial charge in [0.15, 0.2) is 0 Å². The van der Waals surface area contributed by atoms with Crippen LogP contribution >= 0.6 is 0 Å². The minimum absolute atomic E-state index is 0.0387. The fourth-order valence-electron chi connectivity index (χ4n) is 5.71. The van der Waals surface area contributed by atoms with E-state index in [-0.39, 0.29) is 41.8 Å². The Morgan fingerprint density at radius 2 is 1.94 bits per heavy atom. The number of benzene rings is 1. The van der Waals surface area contributed by atoms with E-state index in [2.05, 4.69) is 57.7 Å². The van der Waals surface area contributed by atoms with E-state index < -0.39 is 12.2 Å². The fraction of sp³-hybridized carbons (Fsp3) is 0.633. The molecule has 2 aliphatic rings. The number of fused-ring (bicyclic) bond motifs is 3. The Kier molecular flexibility index (Phi) is 9.44. The van der Waals surface area contributed by atoms with Crippen LogP contribution in [-0.4, -0.2) is 51.4 Å². The number of rotatable bonds is 10. The van der Waals surface area contributed by atoms with E-state index in [0.29, 0.717) is 19.3 Å². The van der Waals surface area contributed by atoms with Crippen molar-refractivity contribution in [1.82, 2.24) is 4.90 Å². The van der Waals surface area contributed by atoms with Gasteiger partial charge in [-0.2, -0.15) is 0 Å². The topological polar surface area (TPSA) is 70.0 Å². The summed E-state index contributed by atoms with van der Waals surface area (Å²) in [5.74, 6) is 7.05. The fourth-order valence-corrected chi connectivity index (χ4v) is 5.71. The van der Waals surface area contributed by atoms with Gasteiger partial charge >= 0.3 is 0 Å². The molecule has 1 amide bonds. The average Bonchev–Trinajstić information content (AvgIpc) is 3.30. The first kappa shape index (κ1) is 27.3. The Bertz CT molecular complexity index is 949. The monoisotopic (exact) mass is 481 g/mol. The van der Waals surface area contributed by atoms with Crippen LogP contribution in [0.25, 0.3) is 0 Å². The van der Waals surface area contributed by atoms with Gasteiger partial charge in [-0.3, -0.25) is 4.79 Å². The van der Waals surface area contributed by atoms with E-state index in [1.54, 1.807) is 6.92 Å². The van der Waals surface area contributed by atoms with E-state index in [1.165, 1.54) is 0 Å². The zero-order valence-electron chi connectivity index (χ0n) is 22.2. The lowest BCUT2D eigenvalue weighted by atomic mass is 9.86. The average molecular weight is 482 g/mol. The molecule has 192 valence electrons. The molecule has 0 radical (unpaired) electrons. The van der Waals surface area contributed by atoms with Crippen LogP contribution in [-0.2, 0) is 11.2 Å². The van der Waals surface area contributed by atoms with Crippen molar-refractivity contribution in [2.75, 3.05) is 0 Å². The molecule has 1 fully saturated rings. The first-order valence-electron chi connectivity index (χ1n) is 13.2. The first-order valence-corrected chi connectivity index (χ1v) is 13.2. The first-order chi connectivity index (χ1) is 16.6. The lowest BCUT2D eigenvalue weighted by Gasteiger charge is -2.31. The molecule has 5 heteroatoms. The van der Waals surface area contributed by atoms with Crippen LogP contribution < -0.4 is 4.74 Å². The molecule has 3 rings (SSSR count). The van der Waals surface area contributed by atoms with Crippen molar-refractivity contribution in [3.05, 3.63) is 41.5 Å². The molecule has 0 saturated heterocycles. The molecule has 5 nitrogen and oxygen atoms in total. The molecule has 1 aromatic rings. The molecular formula is C30H43NO4. The van der Waals surface area contributed by atoms with Crippen LogP contribution in [0.3, 0.4) is 0 Å². The summed E-state index contributed by atoms with van der Waals surface area (Å²) in [5, 5.41) is 21.3. The highest BCUT2D eigenvalue weighted by Crippen LogP contribution is 2.52. The number of aliphatic hydroxyl groups is 2. The van der Waals surface area contributed by atoms with Gasteiger partial charge in [0.05, 0.1) is 12.2 Å². The Balaban J connectivity index is 1.69. The third-order valence-corrected chi connectivity index (χ3v) is 7.44. The van der Waals surface area contributed by atoms with E-state index in [9.17, 15) is 15.0 Å². The summed E-state index contributed by atoms with van der Waals surface area (Å²) in [7, 11) is 0. The third kappa shape index (κ3) is 6.29. The molecule has 1 aliphatic carbocycles. The second-order valence-corrected chi connectivity index (χ2v) is 10.7. The largest absolute Gasteiger partial charge is 0.489 e. The van der Waals surface area contributed by atoms with Gasteiger partial charge in [-0.1, -0.05) is 37.3 Å². The number of para-hydroxylation sites is 1. The van der Waals surface area contributed by atoms with Crippen LogP contribution in [0.15, 0.2) is 30.4 Å². The minimum atomic E-state index is -0.594. The van der Waals surface area contributed by atoms with Crippen molar-refractivity contribution < 1.29 is 19.7 Å². The Morgan fingerprint density at radius 1 is 1.23 bits per heavy atom. The lowest BCUT2D eigenvalue weighted by Crippen LogP contribution is -2.41. The SMILES string of the molecule is CC#CC[C@@H](C)[C@H](O)/C=C/[C@@H]1[C@H]2c3cccc(CCCC(=O)N(C(C)C)C(C)C)c3O[C@H]2C[C@H]1O. The van der Waals surface area contributed by atoms with E-state index in [1.807, 2.05) is 24.0 Å². The molecule has 6 atom stereocenters. The van der Waals surface area contributed by atoms with Crippen molar-refractivity contribution >= 4 is 5.91 Å². The minimum Gasteiger partial charge on any atom is -0.489 e. The number of aryl methyl sites for hydroxylation is 1. The highest BCUT2D eigenvalue weighted by molar-refractivity contribution is 5.76. The van der Waals surface area contributed by atoms with Crippen LogP contribution in [0.2, 0.25) is 0 Å². The molecule has 0 spiro atoms. The summed E-state index contributed by atoms with van der Waals surface area (Å²) in [5.41, 5.74) is 2.27. The maximum Gasteiger partial charge on any atom is 0.223 e. The summed E-state index contributed by atoms with van der Waals surface area (Å²) < 4.78 is 6.38. The van der Waals surface area contributed by atoms with Crippen LogP contribution in [0.1, 0.15) is 84.3 Å². The van der Waals surface area contributed by atoms with Crippen molar-refractivity contribution in [2.45, 2.75) is 110 Å². The summed E-state index contributed by atoms with van der Waals surface area (Å²) in [6.45, 7) is 12.0. The van der Waals surface area contributed by atoms with E-state index in [4.69, 9.17) is 4.74 Å². The van der Waals surface area contributed by atoms with Crippen molar-refractivity contribution in [3.63, 3.8) is 0 Å². The predicted octanol–water partition coefficient (Wildman–Crippen LogP) is 4.85. The smallest absolute Gasteiger partial charge is 0.223 e. The van der Waals surface area contributed by atoms with E-state index in [0.717, 1.165) is 29.7 Å². The molecule has 0 unspecified atom stereocenters. The maximum atomic E-state index is 12.8. The van der Waals surface area contributed by atoms with Gasteiger partial charge in [-0.15, -0.1) is 11.8 Å². The second-order valence-electron chi connectivity index (χ2n) is 10.7. The quantitative estimate of drug-likeness (QED) is 0.370. The Morgan fingerprint density at radius 3 is 2.60 bits per heavy atom. The summed E-state index contributed by atoms with van der Waals surface area (Å²) >= 11 is 0. The number of ether oxygens (including phenoxy) is 1. The lowest BCUT2D eigenvalue weighted by molar-refractivity contribution is -0.134. The zero-order chi connectivity index (χ0) is 25.7. The van der Waals surface area contributed by atoms with Gasteiger partial charge in [-0.25, -0.2) is 0 Å². The van der Waals surface area contributed by atoms with Crippen LogP contribution in [0.4, 0.5) is 0 Å². The number of nitrogens with zero attached hydrogens (tertiary/aromatic N) is 1.